The quantitative estimate of drug-likeness (QED) is 0.676. The van der Waals surface area contributed by atoms with Crippen LogP contribution in [-0.2, 0) is 0 Å². The van der Waals surface area contributed by atoms with Crippen LogP contribution in [0.1, 0.15) is 28.4 Å². The third kappa shape index (κ3) is 3.46. The summed E-state index contributed by atoms with van der Waals surface area (Å²) < 4.78 is 26.4. The fourth-order valence-corrected chi connectivity index (χ4v) is 1.81. The second-order valence-electron chi connectivity index (χ2n) is 4.79. The lowest BCUT2D eigenvalue weighted by Gasteiger charge is -2.06. The molecule has 2 rings (SSSR count). The number of hydrogen-bond acceptors (Lipinski definition) is 3. The van der Waals surface area contributed by atoms with Crippen LogP contribution < -0.4 is 5.43 Å². The highest BCUT2D eigenvalue weighted by Gasteiger charge is 2.13. The maximum Gasteiger partial charge on any atom is 0.271 e. The molecule has 4 nitrogen and oxygen atoms in total. The Morgan fingerprint density at radius 1 is 1.18 bits per heavy atom. The first-order valence-electron chi connectivity index (χ1n) is 6.48. The van der Waals surface area contributed by atoms with E-state index in [2.05, 4.69) is 10.5 Å². The Kier molecular flexibility index (Phi) is 4.50. The SMILES string of the molecule is C/C(=N\NC(=O)c1ccc(C)cc1)c1cc(F)cc(F)c1O. The van der Waals surface area contributed by atoms with Crippen molar-refractivity contribution in [2.24, 2.45) is 5.10 Å². The van der Waals surface area contributed by atoms with Crippen LogP contribution in [0.4, 0.5) is 8.78 Å². The van der Waals surface area contributed by atoms with Crippen LogP contribution in [0.2, 0.25) is 0 Å². The lowest BCUT2D eigenvalue weighted by Crippen LogP contribution is -2.19. The molecule has 1 amide bonds. The molecule has 22 heavy (non-hydrogen) atoms. The van der Waals surface area contributed by atoms with E-state index in [1.54, 1.807) is 24.3 Å². The third-order valence-corrected chi connectivity index (χ3v) is 3.06. The summed E-state index contributed by atoms with van der Waals surface area (Å²) in [6, 6.07) is 8.33. The largest absolute Gasteiger partial charge is 0.504 e. The summed E-state index contributed by atoms with van der Waals surface area (Å²) in [7, 11) is 0. The zero-order valence-electron chi connectivity index (χ0n) is 12.0. The van der Waals surface area contributed by atoms with Crippen molar-refractivity contribution in [1.82, 2.24) is 5.43 Å². The van der Waals surface area contributed by atoms with Crippen molar-refractivity contribution in [3.63, 3.8) is 0 Å². The zero-order valence-corrected chi connectivity index (χ0v) is 12.0. The minimum absolute atomic E-state index is 0.0800. The van der Waals surface area contributed by atoms with Crippen LogP contribution in [-0.4, -0.2) is 16.7 Å². The number of hydrogen-bond donors (Lipinski definition) is 2. The fraction of sp³-hybridized carbons (Fsp3) is 0.125. The summed E-state index contributed by atoms with van der Waals surface area (Å²) in [6.45, 7) is 3.31. The minimum atomic E-state index is -1.09. The molecule has 6 heteroatoms. The number of carbonyl (C=O) groups excluding carboxylic acids is 1. The molecule has 0 spiro atoms. The Morgan fingerprint density at radius 2 is 1.82 bits per heavy atom. The van der Waals surface area contributed by atoms with Gasteiger partial charge in [-0.3, -0.25) is 4.79 Å². The summed E-state index contributed by atoms with van der Waals surface area (Å²) in [4.78, 5) is 11.9. The lowest BCUT2D eigenvalue weighted by molar-refractivity contribution is 0.0955. The number of aryl methyl sites for hydroxylation is 1. The van der Waals surface area contributed by atoms with Crippen molar-refractivity contribution >= 4 is 11.6 Å². The number of nitrogens with zero attached hydrogens (tertiary/aromatic N) is 1. The Bertz CT molecular complexity index is 741. The van der Waals surface area contributed by atoms with Crippen LogP contribution in [0, 0.1) is 18.6 Å². The first-order chi connectivity index (χ1) is 10.4. The van der Waals surface area contributed by atoms with Gasteiger partial charge in [0.15, 0.2) is 11.6 Å². The van der Waals surface area contributed by atoms with E-state index >= 15 is 0 Å². The van der Waals surface area contributed by atoms with Gasteiger partial charge < -0.3 is 5.11 Å². The normalized spacial score (nSPS) is 11.4. The molecule has 0 unspecified atom stereocenters. The molecule has 0 heterocycles. The van der Waals surface area contributed by atoms with Crippen molar-refractivity contribution < 1.29 is 18.7 Å². The van der Waals surface area contributed by atoms with Crippen molar-refractivity contribution in [1.29, 1.82) is 0 Å². The molecule has 0 atom stereocenters. The van der Waals surface area contributed by atoms with Gasteiger partial charge in [0.25, 0.3) is 5.91 Å². The predicted molar refractivity (Wildman–Crippen MR) is 78.9 cm³/mol. The zero-order chi connectivity index (χ0) is 16.3. The van der Waals surface area contributed by atoms with E-state index in [9.17, 15) is 18.7 Å². The van der Waals surface area contributed by atoms with E-state index in [1.807, 2.05) is 6.92 Å². The molecular weight excluding hydrogens is 290 g/mol. The van der Waals surface area contributed by atoms with Gasteiger partial charge in [0.05, 0.1) is 5.71 Å². The van der Waals surface area contributed by atoms with Gasteiger partial charge in [-0.1, -0.05) is 17.7 Å². The van der Waals surface area contributed by atoms with E-state index < -0.39 is 23.3 Å². The van der Waals surface area contributed by atoms with Gasteiger partial charge in [-0.15, -0.1) is 0 Å². The maximum absolute atomic E-state index is 13.3. The number of phenolic OH excluding ortho intramolecular Hbond substituents is 1. The third-order valence-electron chi connectivity index (χ3n) is 3.06. The second kappa shape index (κ2) is 6.34. The van der Waals surface area contributed by atoms with Gasteiger partial charge in [-0.05, 0) is 32.0 Å². The van der Waals surface area contributed by atoms with E-state index in [4.69, 9.17) is 0 Å². The van der Waals surface area contributed by atoms with Crippen molar-refractivity contribution in [2.45, 2.75) is 13.8 Å². The molecule has 2 aromatic carbocycles. The number of aromatic hydroxyl groups is 1. The van der Waals surface area contributed by atoms with E-state index in [0.29, 0.717) is 11.6 Å². The highest BCUT2D eigenvalue weighted by Crippen LogP contribution is 2.23. The molecule has 0 bridgehead atoms. The molecule has 0 aliphatic heterocycles. The summed E-state index contributed by atoms with van der Waals surface area (Å²) >= 11 is 0. The van der Waals surface area contributed by atoms with Gasteiger partial charge in [0, 0.05) is 17.2 Å². The van der Waals surface area contributed by atoms with E-state index in [-0.39, 0.29) is 11.3 Å². The Hall–Kier alpha value is -2.76. The van der Waals surface area contributed by atoms with Gasteiger partial charge in [0.2, 0.25) is 0 Å². The van der Waals surface area contributed by atoms with Crippen LogP contribution in [0.5, 0.6) is 5.75 Å². The van der Waals surface area contributed by atoms with Crippen molar-refractivity contribution in [2.75, 3.05) is 0 Å². The molecule has 0 fully saturated rings. The van der Waals surface area contributed by atoms with Gasteiger partial charge in [-0.25, -0.2) is 14.2 Å². The molecule has 0 saturated heterocycles. The highest BCUT2D eigenvalue weighted by molar-refractivity contribution is 6.02. The molecule has 0 saturated carbocycles. The van der Waals surface area contributed by atoms with Crippen molar-refractivity contribution in [3.05, 3.63) is 64.7 Å². The van der Waals surface area contributed by atoms with Crippen LogP contribution in [0.3, 0.4) is 0 Å². The van der Waals surface area contributed by atoms with Gasteiger partial charge in [-0.2, -0.15) is 5.10 Å². The second-order valence-corrected chi connectivity index (χ2v) is 4.79. The minimum Gasteiger partial charge on any atom is -0.504 e. The maximum atomic E-state index is 13.3. The molecule has 0 aliphatic rings. The van der Waals surface area contributed by atoms with Crippen LogP contribution >= 0.6 is 0 Å². The van der Waals surface area contributed by atoms with Crippen LogP contribution in [0.15, 0.2) is 41.5 Å². The Morgan fingerprint density at radius 3 is 2.45 bits per heavy atom. The first-order valence-corrected chi connectivity index (χ1v) is 6.48. The number of amides is 1. The number of halogens is 2. The highest BCUT2D eigenvalue weighted by atomic mass is 19.1. The number of benzene rings is 2. The smallest absolute Gasteiger partial charge is 0.271 e. The molecule has 0 radical (unpaired) electrons. The lowest BCUT2D eigenvalue weighted by atomic mass is 10.1. The number of rotatable bonds is 3. The van der Waals surface area contributed by atoms with Crippen LogP contribution in [0.25, 0.3) is 0 Å². The topological polar surface area (TPSA) is 61.7 Å². The number of phenols is 1. The molecule has 2 aromatic rings. The Balaban J connectivity index is 2.19. The average Bonchev–Trinajstić information content (AvgIpc) is 2.48. The summed E-state index contributed by atoms with van der Waals surface area (Å²) in [5.74, 6) is -3.11. The fourth-order valence-electron chi connectivity index (χ4n) is 1.81. The van der Waals surface area contributed by atoms with E-state index in [1.165, 1.54) is 6.92 Å². The molecular formula is C16H14F2N2O2. The number of carbonyl (C=O) groups is 1. The van der Waals surface area contributed by atoms with Crippen molar-refractivity contribution in [3.8, 4) is 5.75 Å². The molecule has 2 N–H and O–H groups in total. The Labute approximate surface area is 126 Å². The number of nitrogens with one attached hydrogen (secondary N) is 1. The summed E-state index contributed by atoms with van der Waals surface area (Å²) in [5, 5.41) is 13.3. The molecule has 0 aromatic heterocycles. The number of hydrazone groups is 1. The average molecular weight is 304 g/mol. The standard InChI is InChI=1S/C16H14F2N2O2/c1-9-3-5-11(6-4-9)16(22)20-19-10(2)13-7-12(17)8-14(18)15(13)21/h3-8,21H,1-2H3,(H,20,22)/b19-10+. The first kappa shape index (κ1) is 15.6. The molecule has 114 valence electrons. The van der Waals surface area contributed by atoms with Gasteiger partial charge in [0.1, 0.15) is 5.82 Å². The molecule has 0 aliphatic carbocycles. The summed E-state index contributed by atoms with van der Waals surface area (Å²) in [6.07, 6.45) is 0. The van der Waals surface area contributed by atoms with E-state index in [0.717, 1.165) is 11.6 Å². The van der Waals surface area contributed by atoms with Gasteiger partial charge >= 0.3 is 0 Å². The monoisotopic (exact) mass is 304 g/mol. The predicted octanol–water partition coefficient (Wildman–Crippen LogP) is 3.13. The summed E-state index contributed by atoms with van der Waals surface area (Å²) in [5.41, 5.74) is 3.64.